The van der Waals surface area contributed by atoms with Crippen LogP contribution in [0.2, 0.25) is 0 Å². The van der Waals surface area contributed by atoms with Gasteiger partial charge in [-0.2, -0.15) is 0 Å². The second-order valence-corrected chi connectivity index (χ2v) is 4.07. The highest BCUT2D eigenvalue weighted by molar-refractivity contribution is 7.71. The monoisotopic (exact) mass is 213 g/mol. The summed E-state index contributed by atoms with van der Waals surface area (Å²) >= 11 is 4.82. The van der Waals surface area contributed by atoms with Gasteiger partial charge in [0.05, 0.1) is 6.54 Å². The summed E-state index contributed by atoms with van der Waals surface area (Å²) in [6.07, 6.45) is 5.26. The van der Waals surface area contributed by atoms with Gasteiger partial charge in [0, 0.05) is 0 Å². The van der Waals surface area contributed by atoms with Gasteiger partial charge in [-0.25, -0.2) is 5.10 Å². The van der Waals surface area contributed by atoms with E-state index in [4.69, 9.17) is 16.6 Å². The minimum absolute atomic E-state index is 0.370. The summed E-state index contributed by atoms with van der Waals surface area (Å²) in [5.41, 5.74) is 0. The largest absolute Gasteiger partial charge is 0.413 e. The third-order valence-corrected chi connectivity index (χ3v) is 2.71. The van der Waals surface area contributed by atoms with Crippen molar-refractivity contribution in [3.05, 3.63) is 10.7 Å². The lowest BCUT2D eigenvalue weighted by Gasteiger charge is -2.16. The maximum atomic E-state index is 5.23. The Morgan fingerprint density at radius 2 is 2.00 bits per heavy atom. The Morgan fingerprint density at radius 1 is 1.29 bits per heavy atom. The van der Waals surface area contributed by atoms with Crippen LogP contribution < -0.4 is 0 Å². The van der Waals surface area contributed by atoms with Crippen LogP contribution in [0, 0.1) is 4.84 Å². The average Bonchev–Trinajstić information content (AvgIpc) is 2.43. The molecule has 0 amide bonds. The molecule has 4 nitrogen and oxygen atoms in total. The third-order valence-electron chi connectivity index (χ3n) is 2.54. The van der Waals surface area contributed by atoms with E-state index in [1.165, 1.54) is 25.7 Å². The maximum absolute atomic E-state index is 5.23. The topological polar surface area (TPSA) is 45.1 Å². The summed E-state index contributed by atoms with van der Waals surface area (Å²) in [5.74, 6) is 0.705. The minimum Gasteiger partial charge on any atom is -0.413 e. The summed E-state index contributed by atoms with van der Waals surface area (Å²) in [6, 6.07) is 0. The van der Waals surface area contributed by atoms with Crippen LogP contribution in [0.25, 0.3) is 0 Å². The number of nitrogens with zero attached hydrogens (tertiary/aromatic N) is 2. The molecule has 5 heteroatoms. The van der Waals surface area contributed by atoms with E-state index in [0.717, 1.165) is 19.6 Å². The van der Waals surface area contributed by atoms with Crippen molar-refractivity contribution in [2.24, 2.45) is 0 Å². The first kappa shape index (κ1) is 9.86. The molecule has 2 heterocycles. The Hall–Kier alpha value is -0.680. The van der Waals surface area contributed by atoms with Crippen molar-refractivity contribution in [1.82, 2.24) is 15.1 Å². The van der Waals surface area contributed by atoms with Gasteiger partial charge in [-0.1, -0.05) is 12.8 Å². The van der Waals surface area contributed by atoms with E-state index in [0.29, 0.717) is 10.7 Å². The van der Waals surface area contributed by atoms with Crippen molar-refractivity contribution in [3.8, 4) is 0 Å². The van der Waals surface area contributed by atoms with E-state index in [9.17, 15) is 0 Å². The quantitative estimate of drug-likeness (QED) is 0.764. The number of H-pyrrole nitrogens is 1. The highest BCUT2D eigenvalue weighted by Gasteiger charge is 2.11. The van der Waals surface area contributed by atoms with Crippen LogP contribution in [0.15, 0.2) is 4.42 Å². The van der Waals surface area contributed by atoms with Crippen LogP contribution >= 0.6 is 12.2 Å². The molecule has 0 bridgehead atoms. The summed E-state index contributed by atoms with van der Waals surface area (Å²) in [4.78, 5) is 2.75. The Bertz CT molecular complexity index is 325. The molecule has 0 saturated carbocycles. The van der Waals surface area contributed by atoms with Crippen molar-refractivity contribution >= 4 is 12.2 Å². The summed E-state index contributed by atoms with van der Waals surface area (Å²) in [7, 11) is 0. The lowest BCUT2D eigenvalue weighted by molar-refractivity contribution is 0.247. The van der Waals surface area contributed by atoms with Crippen molar-refractivity contribution in [3.63, 3.8) is 0 Å². The molecule has 1 aliphatic heterocycles. The van der Waals surface area contributed by atoms with Gasteiger partial charge in [-0.15, -0.1) is 5.10 Å². The number of likely N-dealkylation sites (tertiary alicyclic amines) is 1. The van der Waals surface area contributed by atoms with Gasteiger partial charge in [0.1, 0.15) is 0 Å². The molecule has 2 rings (SSSR count). The highest BCUT2D eigenvalue weighted by atomic mass is 32.1. The molecule has 78 valence electrons. The van der Waals surface area contributed by atoms with Crippen LogP contribution in [0.5, 0.6) is 0 Å². The summed E-state index contributed by atoms with van der Waals surface area (Å²) in [5, 5.41) is 6.65. The number of aromatic nitrogens is 2. The molecule has 0 spiro atoms. The molecular formula is C9H15N3OS. The molecule has 14 heavy (non-hydrogen) atoms. The van der Waals surface area contributed by atoms with Crippen LogP contribution in [0.4, 0.5) is 0 Å². The van der Waals surface area contributed by atoms with Gasteiger partial charge in [-0.3, -0.25) is 4.90 Å². The lowest BCUT2D eigenvalue weighted by Crippen LogP contribution is -2.24. The first-order valence-electron chi connectivity index (χ1n) is 5.11. The number of hydrogen-bond acceptors (Lipinski definition) is 4. The van der Waals surface area contributed by atoms with Crippen molar-refractivity contribution in [1.29, 1.82) is 0 Å². The Kier molecular flexibility index (Phi) is 3.31. The fourth-order valence-corrected chi connectivity index (χ4v) is 1.96. The zero-order chi connectivity index (χ0) is 9.80. The van der Waals surface area contributed by atoms with Gasteiger partial charge < -0.3 is 4.42 Å². The van der Waals surface area contributed by atoms with Crippen LogP contribution in [-0.4, -0.2) is 28.2 Å². The SMILES string of the molecule is S=c1[nH]nc(CN2CCCCCC2)o1. The van der Waals surface area contributed by atoms with Crippen LogP contribution in [-0.2, 0) is 6.54 Å². The molecular weight excluding hydrogens is 198 g/mol. The fraction of sp³-hybridized carbons (Fsp3) is 0.778. The molecule has 0 unspecified atom stereocenters. The number of hydrogen-bond donors (Lipinski definition) is 1. The van der Waals surface area contributed by atoms with Crippen molar-refractivity contribution < 1.29 is 4.42 Å². The third kappa shape index (κ3) is 2.65. The molecule has 1 aromatic heterocycles. The Morgan fingerprint density at radius 3 is 2.57 bits per heavy atom. The van der Waals surface area contributed by atoms with Crippen LogP contribution in [0.1, 0.15) is 31.6 Å². The van der Waals surface area contributed by atoms with E-state index < -0.39 is 0 Å². The number of aromatic amines is 1. The van der Waals surface area contributed by atoms with Gasteiger partial charge in [0.25, 0.3) is 4.84 Å². The Labute approximate surface area is 88.3 Å². The molecule has 0 radical (unpaired) electrons. The summed E-state index contributed by atoms with van der Waals surface area (Å²) < 4.78 is 5.23. The molecule has 0 aromatic carbocycles. The normalized spacial score (nSPS) is 19.4. The fourth-order valence-electron chi connectivity index (χ4n) is 1.81. The highest BCUT2D eigenvalue weighted by Crippen LogP contribution is 2.11. The molecule has 1 fully saturated rings. The Balaban J connectivity index is 1.92. The molecule has 0 aliphatic carbocycles. The number of rotatable bonds is 2. The second-order valence-electron chi connectivity index (χ2n) is 3.70. The van der Waals surface area contributed by atoms with Crippen LogP contribution in [0.3, 0.4) is 0 Å². The van der Waals surface area contributed by atoms with Gasteiger partial charge in [0.15, 0.2) is 0 Å². The average molecular weight is 213 g/mol. The first-order chi connectivity index (χ1) is 6.84. The van der Waals surface area contributed by atoms with Gasteiger partial charge in [0.2, 0.25) is 5.89 Å². The van der Waals surface area contributed by atoms with Crippen molar-refractivity contribution in [2.45, 2.75) is 32.2 Å². The van der Waals surface area contributed by atoms with E-state index in [2.05, 4.69) is 15.1 Å². The van der Waals surface area contributed by atoms with Crippen molar-refractivity contribution in [2.75, 3.05) is 13.1 Å². The van der Waals surface area contributed by atoms with E-state index >= 15 is 0 Å². The predicted molar refractivity (Wildman–Crippen MR) is 55.4 cm³/mol. The molecule has 1 aliphatic rings. The first-order valence-corrected chi connectivity index (χ1v) is 5.52. The van der Waals surface area contributed by atoms with Gasteiger partial charge in [-0.05, 0) is 38.1 Å². The zero-order valence-electron chi connectivity index (χ0n) is 8.16. The minimum atomic E-state index is 0.370. The van der Waals surface area contributed by atoms with E-state index in [-0.39, 0.29) is 0 Å². The zero-order valence-corrected chi connectivity index (χ0v) is 8.98. The molecule has 1 aromatic rings. The predicted octanol–water partition coefficient (Wildman–Crippen LogP) is 2.11. The second kappa shape index (κ2) is 4.70. The van der Waals surface area contributed by atoms with Gasteiger partial charge >= 0.3 is 0 Å². The molecule has 1 N–H and O–H groups in total. The lowest BCUT2D eigenvalue weighted by atomic mass is 10.2. The molecule has 1 saturated heterocycles. The number of nitrogens with one attached hydrogen (secondary N) is 1. The van der Waals surface area contributed by atoms with E-state index in [1.807, 2.05) is 0 Å². The summed E-state index contributed by atoms with van der Waals surface area (Å²) in [6.45, 7) is 3.08. The van der Waals surface area contributed by atoms with E-state index in [1.54, 1.807) is 0 Å². The maximum Gasteiger partial charge on any atom is 0.284 e. The smallest absolute Gasteiger partial charge is 0.284 e. The standard InChI is InChI=1S/C9H15N3OS/c14-9-11-10-8(13-9)7-12-5-3-1-2-4-6-12/h1-7H2,(H,11,14). The molecule has 0 atom stereocenters.